The number of aromatic nitrogens is 1. The van der Waals surface area contributed by atoms with Crippen LogP contribution in [0.1, 0.15) is 28.5 Å². The molecule has 2 aromatic rings. The highest BCUT2D eigenvalue weighted by molar-refractivity contribution is 9.10. The SMILES string of the molecule is CCn1c(C)c(C)c2c(Br)cc(C=O)c(OCOC)c21. The molecular weight excluding hydrogens is 322 g/mol. The first kappa shape index (κ1) is 15.1. The second-order valence-electron chi connectivity index (χ2n) is 4.62. The van der Waals surface area contributed by atoms with Crippen molar-refractivity contribution >= 4 is 33.1 Å². The van der Waals surface area contributed by atoms with Crippen LogP contribution in [0.25, 0.3) is 10.9 Å². The van der Waals surface area contributed by atoms with Gasteiger partial charge in [-0.25, -0.2) is 0 Å². The van der Waals surface area contributed by atoms with E-state index in [4.69, 9.17) is 9.47 Å². The Morgan fingerprint density at radius 1 is 1.40 bits per heavy atom. The lowest BCUT2D eigenvalue weighted by atomic mass is 10.1. The number of carbonyl (C=O) groups is 1. The lowest BCUT2D eigenvalue weighted by Gasteiger charge is -2.13. The minimum Gasteiger partial charge on any atom is -0.465 e. The first-order chi connectivity index (χ1) is 9.56. The van der Waals surface area contributed by atoms with Crippen LogP contribution in [0, 0.1) is 13.8 Å². The molecule has 0 aliphatic rings. The van der Waals surface area contributed by atoms with Crippen LogP contribution in [0.3, 0.4) is 0 Å². The number of methoxy groups -OCH3 is 1. The van der Waals surface area contributed by atoms with E-state index in [1.807, 2.05) is 0 Å². The molecule has 0 aliphatic heterocycles. The largest absolute Gasteiger partial charge is 0.465 e. The summed E-state index contributed by atoms with van der Waals surface area (Å²) in [5.74, 6) is 0.582. The molecule has 0 saturated heterocycles. The Morgan fingerprint density at radius 2 is 2.10 bits per heavy atom. The summed E-state index contributed by atoms with van der Waals surface area (Å²) >= 11 is 3.56. The van der Waals surface area contributed by atoms with Crippen molar-refractivity contribution in [3.05, 3.63) is 27.4 Å². The van der Waals surface area contributed by atoms with Crippen LogP contribution < -0.4 is 4.74 Å². The number of rotatable bonds is 5. The summed E-state index contributed by atoms with van der Waals surface area (Å²) in [4.78, 5) is 11.3. The monoisotopic (exact) mass is 339 g/mol. The quantitative estimate of drug-likeness (QED) is 0.613. The molecular formula is C15H18BrNO3. The van der Waals surface area contributed by atoms with Gasteiger partial charge >= 0.3 is 0 Å². The van der Waals surface area contributed by atoms with Crippen LogP contribution in [0.5, 0.6) is 5.75 Å². The molecule has 0 bridgehead atoms. The second-order valence-corrected chi connectivity index (χ2v) is 5.48. The number of ether oxygens (including phenoxy) is 2. The van der Waals surface area contributed by atoms with Gasteiger partial charge in [0.2, 0.25) is 0 Å². The summed E-state index contributed by atoms with van der Waals surface area (Å²) in [6.07, 6.45) is 0.812. The normalized spacial score (nSPS) is 11.1. The van der Waals surface area contributed by atoms with Crippen LogP contribution in [-0.4, -0.2) is 24.8 Å². The van der Waals surface area contributed by atoms with Gasteiger partial charge in [0.1, 0.15) is 0 Å². The molecule has 0 aliphatic carbocycles. The van der Waals surface area contributed by atoms with E-state index in [1.165, 1.54) is 11.3 Å². The highest BCUT2D eigenvalue weighted by Gasteiger charge is 2.20. The summed E-state index contributed by atoms with van der Waals surface area (Å²) in [7, 11) is 1.56. The lowest BCUT2D eigenvalue weighted by molar-refractivity contribution is 0.0514. The predicted molar refractivity (Wildman–Crippen MR) is 82.7 cm³/mol. The zero-order valence-corrected chi connectivity index (χ0v) is 13.7. The number of aryl methyl sites for hydroxylation is 2. The highest BCUT2D eigenvalue weighted by Crippen LogP contribution is 2.39. The highest BCUT2D eigenvalue weighted by atomic mass is 79.9. The van der Waals surface area contributed by atoms with Crippen LogP contribution >= 0.6 is 15.9 Å². The molecule has 1 heterocycles. The van der Waals surface area contributed by atoms with Crippen molar-refractivity contribution in [2.45, 2.75) is 27.3 Å². The second kappa shape index (κ2) is 5.97. The number of benzene rings is 1. The van der Waals surface area contributed by atoms with Crippen molar-refractivity contribution in [3.8, 4) is 5.75 Å². The number of hydrogen-bond acceptors (Lipinski definition) is 3. The Kier molecular flexibility index (Phi) is 4.50. The van der Waals surface area contributed by atoms with E-state index in [0.29, 0.717) is 11.3 Å². The van der Waals surface area contributed by atoms with E-state index in [1.54, 1.807) is 13.2 Å². The Hall–Kier alpha value is -1.33. The van der Waals surface area contributed by atoms with Crippen LogP contribution in [0.15, 0.2) is 10.5 Å². The Morgan fingerprint density at radius 3 is 2.65 bits per heavy atom. The summed E-state index contributed by atoms with van der Waals surface area (Å²) < 4.78 is 13.7. The fourth-order valence-corrected chi connectivity index (χ4v) is 3.29. The van der Waals surface area contributed by atoms with Gasteiger partial charge in [-0.2, -0.15) is 0 Å². The zero-order chi connectivity index (χ0) is 14.9. The Labute approximate surface area is 126 Å². The molecule has 0 unspecified atom stereocenters. The first-order valence-corrected chi connectivity index (χ1v) is 7.24. The summed E-state index contributed by atoms with van der Waals surface area (Å²) in [6, 6.07) is 1.80. The van der Waals surface area contributed by atoms with Crippen molar-refractivity contribution in [2.75, 3.05) is 13.9 Å². The third kappa shape index (κ3) is 2.25. The van der Waals surface area contributed by atoms with Crippen molar-refractivity contribution in [1.82, 2.24) is 4.57 Å². The number of nitrogens with zero attached hydrogens (tertiary/aromatic N) is 1. The van der Waals surface area contributed by atoms with Gasteiger partial charge in [-0.05, 0) is 32.4 Å². The van der Waals surface area contributed by atoms with Crippen LogP contribution in [-0.2, 0) is 11.3 Å². The van der Waals surface area contributed by atoms with Crippen molar-refractivity contribution in [1.29, 1.82) is 0 Å². The third-order valence-electron chi connectivity index (χ3n) is 3.59. The van der Waals surface area contributed by atoms with E-state index < -0.39 is 0 Å². The minimum absolute atomic E-state index is 0.116. The fourth-order valence-electron chi connectivity index (χ4n) is 2.56. The van der Waals surface area contributed by atoms with Gasteiger partial charge in [-0.15, -0.1) is 0 Å². The van der Waals surface area contributed by atoms with Crippen molar-refractivity contribution in [3.63, 3.8) is 0 Å². The van der Waals surface area contributed by atoms with Gasteiger partial charge in [-0.3, -0.25) is 4.79 Å². The molecule has 1 aromatic carbocycles. The van der Waals surface area contributed by atoms with Gasteiger partial charge in [0, 0.05) is 29.2 Å². The van der Waals surface area contributed by atoms with Crippen molar-refractivity contribution in [2.24, 2.45) is 0 Å². The topological polar surface area (TPSA) is 40.5 Å². The van der Waals surface area contributed by atoms with Crippen LogP contribution in [0.2, 0.25) is 0 Å². The predicted octanol–water partition coefficient (Wildman–Crippen LogP) is 3.84. The molecule has 0 radical (unpaired) electrons. The Balaban J connectivity index is 2.88. The lowest BCUT2D eigenvalue weighted by Crippen LogP contribution is -2.05. The maximum Gasteiger partial charge on any atom is 0.188 e. The molecule has 0 spiro atoms. The van der Waals surface area contributed by atoms with E-state index in [-0.39, 0.29) is 6.79 Å². The standard InChI is InChI=1S/C15H18BrNO3/c1-5-17-10(3)9(2)13-12(16)6-11(7-18)15(14(13)17)20-8-19-4/h6-7H,5,8H2,1-4H3. The number of carbonyl (C=O) groups excluding carboxylic acids is 1. The minimum atomic E-state index is 0.116. The molecule has 0 atom stereocenters. The molecule has 0 saturated carbocycles. The first-order valence-electron chi connectivity index (χ1n) is 6.45. The number of halogens is 1. The number of fused-ring (bicyclic) bond motifs is 1. The van der Waals surface area contributed by atoms with E-state index >= 15 is 0 Å². The fraction of sp³-hybridized carbons (Fsp3) is 0.400. The molecule has 4 nitrogen and oxygen atoms in total. The van der Waals surface area contributed by atoms with Gasteiger partial charge in [0.15, 0.2) is 18.8 Å². The smallest absolute Gasteiger partial charge is 0.188 e. The average Bonchev–Trinajstić information content (AvgIpc) is 2.70. The third-order valence-corrected chi connectivity index (χ3v) is 4.22. The summed E-state index contributed by atoms with van der Waals surface area (Å²) in [5.41, 5.74) is 3.83. The molecule has 5 heteroatoms. The Bertz CT molecular complexity index is 661. The average molecular weight is 340 g/mol. The summed E-state index contributed by atoms with van der Waals surface area (Å²) in [6.45, 7) is 7.16. The molecule has 0 N–H and O–H groups in total. The van der Waals surface area contributed by atoms with E-state index in [0.717, 1.165) is 28.2 Å². The zero-order valence-electron chi connectivity index (χ0n) is 12.1. The van der Waals surface area contributed by atoms with Crippen LogP contribution in [0.4, 0.5) is 0 Å². The number of hydrogen-bond donors (Lipinski definition) is 0. The molecule has 108 valence electrons. The molecule has 0 amide bonds. The maximum absolute atomic E-state index is 11.3. The molecule has 1 aromatic heterocycles. The van der Waals surface area contributed by atoms with Gasteiger partial charge in [-0.1, -0.05) is 15.9 Å². The number of aldehydes is 1. The molecule has 2 rings (SSSR count). The van der Waals surface area contributed by atoms with E-state index in [9.17, 15) is 4.79 Å². The molecule has 0 fully saturated rings. The maximum atomic E-state index is 11.3. The van der Waals surface area contributed by atoms with E-state index in [2.05, 4.69) is 41.3 Å². The van der Waals surface area contributed by atoms with Crippen molar-refractivity contribution < 1.29 is 14.3 Å². The summed E-state index contributed by atoms with van der Waals surface area (Å²) in [5, 5.41) is 1.08. The molecule has 20 heavy (non-hydrogen) atoms. The van der Waals surface area contributed by atoms with Gasteiger partial charge < -0.3 is 14.0 Å². The van der Waals surface area contributed by atoms with Gasteiger partial charge in [0.05, 0.1) is 11.1 Å². The van der Waals surface area contributed by atoms with Gasteiger partial charge in [0.25, 0.3) is 0 Å².